The molecule has 0 spiro atoms. The van der Waals surface area contributed by atoms with Crippen LogP contribution in [0.2, 0.25) is 0 Å². The molecule has 0 amide bonds. The maximum absolute atomic E-state index is 4.42. The zero-order valence-electron chi connectivity index (χ0n) is 13.7. The number of hydrogen-bond acceptors (Lipinski definition) is 4. The van der Waals surface area contributed by atoms with Gasteiger partial charge in [0.25, 0.3) is 0 Å². The van der Waals surface area contributed by atoms with Gasteiger partial charge in [-0.15, -0.1) is 0 Å². The molecule has 6 nitrogen and oxygen atoms in total. The molecule has 0 atom stereocenters. The Morgan fingerprint density at radius 3 is 2.60 bits per heavy atom. The van der Waals surface area contributed by atoms with E-state index in [1.807, 2.05) is 71.2 Å². The second-order valence-corrected chi connectivity index (χ2v) is 6.84. The molecule has 4 aromatic rings. The molecule has 25 heavy (non-hydrogen) atoms. The molecule has 0 bridgehead atoms. The minimum atomic E-state index is 0.727. The molecule has 7 heteroatoms. The lowest BCUT2D eigenvalue weighted by Gasteiger charge is -2.04. The molecule has 1 aromatic carbocycles. The highest BCUT2D eigenvalue weighted by atomic mass is 79.9. The third kappa shape index (κ3) is 3.62. The quantitative estimate of drug-likeness (QED) is 0.562. The Balaban J connectivity index is 1.38. The van der Waals surface area contributed by atoms with Gasteiger partial charge >= 0.3 is 0 Å². The van der Waals surface area contributed by atoms with Crippen molar-refractivity contribution in [3.05, 3.63) is 76.4 Å². The SMILES string of the molecule is Cc1cc2ncc(CNCc3cnn(-c4ccc(Br)cc4)c3)cn2n1. The third-order valence-corrected chi connectivity index (χ3v) is 4.40. The van der Waals surface area contributed by atoms with Gasteiger partial charge in [0.15, 0.2) is 5.65 Å². The number of halogens is 1. The number of hydrogen-bond donors (Lipinski definition) is 1. The summed E-state index contributed by atoms with van der Waals surface area (Å²) in [7, 11) is 0. The summed E-state index contributed by atoms with van der Waals surface area (Å²) in [6.45, 7) is 3.44. The summed E-state index contributed by atoms with van der Waals surface area (Å²) in [6.07, 6.45) is 7.81. The largest absolute Gasteiger partial charge is 0.308 e. The summed E-state index contributed by atoms with van der Waals surface area (Å²) < 4.78 is 4.75. The summed E-state index contributed by atoms with van der Waals surface area (Å²) in [5.41, 5.74) is 5.11. The zero-order chi connectivity index (χ0) is 17.2. The van der Waals surface area contributed by atoms with Gasteiger partial charge in [0.1, 0.15) is 0 Å². The van der Waals surface area contributed by atoms with Crippen LogP contribution in [-0.2, 0) is 13.1 Å². The molecule has 0 saturated carbocycles. The molecule has 3 aromatic heterocycles. The van der Waals surface area contributed by atoms with Crippen molar-refractivity contribution in [3.8, 4) is 5.69 Å². The minimum Gasteiger partial charge on any atom is -0.308 e. The van der Waals surface area contributed by atoms with E-state index < -0.39 is 0 Å². The van der Waals surface area contributed by atoms with E-state index in [-0.39, 0.29) is 0 Å². The Labute approximate surface area is 153 Å². The van der Waals surface area contributed by atoms with E-state index in [0.717, 1.165) is 45.7 Å². The summed E-state index contributed by atoms with van der Waals surface area (Å²) in [5.74, 6) is 0. The van der Waals surface area contributed by atoms with Gasteiger partial charge in [0.2, 0.25) is 0 Å². The van der Waals surface area contributed by atoms with Crippen LogP contribution in [-0.4, -0.2) is 24.4 Å². The van der Waals surface area contributed by atoms with Gasteiger partial charge in [-0.25, -0.2) is 14.2 Å². The summed E-state index contributed by atoms with van der Waals surface area (Å²) >= 11 is 3.44. The lowest BCUT2D eigenvalue weighted by molar-refractivity contribution is 0.685. The Morgan fingerprint density at radius 1 is 1.04 bits per heavy atom. The van der Waals surface area contributed by atoms with Gasteiger partial charge in [0, 0.05) is 53.3 Å². The predicted molar refractivity (Wildman–Crippen MR) is 99.5 cm³/mol. The second-order valence-electron chi connectivity index (χ2n) is 5.92. The fourth-order valence-electron chi connectivity index (χ4n) is 2.66. The molecule has 0 radical (unpaired) electrons. The van der Waals surface area contributed by atoms with Crippen LogP contribution >= 0.6 is 15.9 Å². The number of aryl methyl sites for hydroxylation is 1. The highest BCUT2D eigenvalue weighted by Gasteiger charge is 2.03. The fourth-order valence-corrected chi connectivity index (χ4v) is 2.93. The van der Waals surface area contributed by atoms with Crippen LogP contribution in [0.5, 0.6) is 0 Å². The van der Waals surface area contributed by atoms with E-state index in [0.29, 0.717) is 0 Å². The van der Waals surface area contributed by atoms with E-state index in [2.05, 4.69) is 36.4 Å². The second kappa shape index (κ2) is 6.78. The highest BCUT2D eigenvalue weighted by Crippen LogP contribution is 2.14. The monoisotopic (exact) mass is 396 g/mol. The molecular weight excluding hydrogens is 380 g/mol. The Bertz CT molecular complexity index is 1000. The molecule has 0 aliphatic heterocycles. The van der Waals surface area contributed by atoms with Gasteiger partial charge in [-0.3, -0.25) is 0 Å². The van der Waals surface area contributed by atoms with Crippen molar-refractivity contribution >= 4 is 21.6 Å². The van der Waals surface area contributed by atoms with Crippen molar-refractivity contribution in [2.75, 3.05) is 0 Å². The van der Waals surface area contributed by atoms with Crippen LogP contribution in [0.3, 0.4) is 0 Å². The molecule has 0 saturated heterocycles. The van der Waals surface area contributed by atoms with E-state index in [9.17, 15) is 0 Å². The van der Waals surface area contributed by atoms with Gasteiger partial charge in [-0.1, -0.05) is 15.9 Å². The highest BCUT2D eigenvalue weighted by molar-refractivity contribution is 9.10. The lowest BCUT2D eigenvalue weighted by atomic mass is 10.3. The van der Waals surface area contributed by atoms with Gasteiger partial charge in [-0.2, -0.15) is 10.2 Å². The molecule has 0 aliphatic carbocycles. The number of aromatic nitrogens is 5. The van der Waals surface area contributed by atoms with Crippen molar-refractivity contribution in [2.45, 2.75) is 20.0 Å². The van der Waals surface area contributed by atoms with Crippen LogP contribution < -0.4 is 5.32 Å². The van der Waals surface area contributed by atoms with Crippen LogP contribution in [0.4, 0.5) is 0 Å². The first-order valence-electron chi connectivity index (χ1n) is 7.98. The maximum Gasteiger partial charge on any atom is 0.155 e. The summed E-state index contributed by atoms with van der Waals surface area (Å²) in [6, 6.07) is 10.0. The van der Waals surface area contributed by atoms with E-state index in [1.54, 1.807) is 0 Å². The van der Waals surface area contributed by atoms with Crippen molar-refractivity contribution in [1.82, 2.24) is 29.7 Å². The van der Waals surface area contributed by atoms with Crippen molar-refractivity contribution in [3.63, 3.8) is 0 Å². The normalized spacial score (nSPS) is 11.3. The Hall–Kier alpha value is -2.51. The lowest BCUT2D eigenvalue weighted by Crippen LogP contribution is -2.13. The number of nitrogens with one attached hydrogen (secondary N) is 1. The Kier molecular flexibility index (Phi) is 4.33. The smallest absolute Gasteiger partial charge is 0.155 e. The van der Waals surface area contributed by atoms with Gasteiger partial charge in [-0.05, 0) is 31.2 Å². The number of benzene rings is 1. The molecule has 0 unspecified atom stereocenters. The standard InChI is InChI=1S/C18H17BrN6/c1-13-6-18-21-9-14(12-25(18)23-13)7-20-8-15-10-22-24(11-15)17-4-2-16(19)3-5-17/h2-6,9-12,20H,7-8H2,1H3. The van der Waals surface area contributed by atoms with Gasteiger partial charge < -0.3 is 5.32 Å². The maximum atomic E-state index is 4.42. The number of fused-ring (bicyclic) bond motifs is 1. The first-order chi connectivity index (χ1) is 12.2. The minimum absolute atomic E-state index is 0.727. The molecule has 0 fully saturated rings. The van der Waals surface area contributed by atoms with Gasteiger partial charge in [0.05, 0.1) is 17.6 Å². The fraction of sp³-hybridized carbons (Fsp3) is 0.167. The van der Waals surface area contributed by atoms with Crippen molar-refractivity contribution in [2.24, 2.45) is 0 Å². The van der Waals surface area contributed by atoms with Crippen LogP contribution in [0.25, 0.3) is 11.3 Å². The predicted octanol–water partition coefficient (Wildman–Crippen LogP) is 3.28. The average Bonchev–Trinajstić information content (AvgIpc) is 3.21. The van der Waals surface area contributed by atoms with E-state index in [1.165, 1.54) is 0 Å². The average molecular weight is 397 g/mol. The van der Waals surface area contributed by atoms with Crippen molar-refractivity contribution < 1.29 is 0 Å². The summed E-state index contributed by atoms with van der Waals surface area (Å²) in [5, 5.41) is 12.2. The third-order valence-electron chi connectivity index (χ3n) is 3.87. The summed E-state index contributed by atoms with van der Waals surface area (Å²) in [4.78, 5) is 4.42. The van der Waals surface area contributed by atoms with Crippen LogP contribution in [0.15, 0.2) is 59.6 Å². The molecular formula is C18H17BrN6. The molecule has 0 aliphatic rings. The first-order valence-corrected chi connectivity index (χ1v) is 8.78. The van der Waals surface area contributed by atoms with Crippen molar-refractivity contribution in [1.29, 1.82) is 0 Å². The molecule has 1 N–H and O–H groups in total. The Morgan fingerprint density at radius 2 is 1.80 bits per heavy atom. The van der Waals surface area contributed by atoms with E-state index >= 15 is 0 Å². The van der Waals surface area contributed by atoms with E-state index in [4.69, 9.17) is 0 Å². The number of rotatable bonds is 5. The first kappa shape index (κ1) is 16.0. The molecule has 4 rings (SSSR count). The number of nitrogens with zero attached hydrogens (tertiary/aromatic N) is 5. The molecule has 3 heterocycles. The zero-order valence-corrected chi connectivity index (χ0v) is 15.3. The van der Waals surface area contributed by atoms with Crippen LogP contribution in [0, 0.1) is 6.92 Å². The topological polar surface area (TPSA) is 60.0 Å². The molecule has 126 valence electrons. The van der Waals surface area contributed by atoms with Crippen LogP contribution in [0.1, 0.15) is 16.8 Å².